The smallest absolute Gasteiger partial charge is 0.233 e. The molecule has 0 spiro atoms. The minimum absolute atomic E-state index is 0.110. The van der Waals surface area contributed by atoms with Crippen molar-refractivity contribution in [3.8, 4) is 0 Å². The van der Waals surface area contributed by atoms with E-state index in [0.717, 1.165) is 5.56 Å². The Hall–Kier alpha value is -2.41. The van der Waals surface area contributed by atoms with Gasteiger partial charge in [-0.1, -0.05) is 36.7 Å². The molecule has 0 fully saturated rings. The highest BCUT2D eigenvalue weighted by atomic mass is 35.5. The van der Waals surface area contributed by atoms with Crippen LogP contribution in [0.25, 0.3) is 0 Å². The van der Waals surface area contributed by atoms with E-state index >= 15 is 0 Å². The van der Waals surface area contributed by atoms with Crippen LogP contribution in [0.2, 0.25) is 5.02 Å². The van der Waals surface area contributed by atoms with Crippen LogP contribution in [-0.2, 0) is 16.1 Å². The van der Waals surface area contributed by atoms with Gasteiger partial charge in [-0.25, -0.2) is 0 Å². The van der Waals surface area contributed by atoms with Crippen LogP contribution in [0.5, 0.6) is 0 Å². The van der Waals surface area contributed by atoms with Gasteiger partial charge in [0.15, 0.2) is 5.82 Å². The topological polar surface area (TPSA) is 97.1 Å². The molecule has 1 aromatic carbocycles. The quantitative estimate of drug-likeness (QED) is 0.781. The van der Waals surface area contributed by atoms with E-state index in [0.29, 0.717) is 22.4 Å². The number of aryl methyl sites for hydroxylation is 1. The van der Waals surface area contributed by atoms with E-state index in [1.54, 1.807) is 18.2 Å². The molecule has 0 aliphatic rings. The van der Waals surface area contributed by atoms with Gasteiger partial charge in [0, 0.05) is 16.6 Å². The molecule has 7 nitrogen and oxygen atoms in total. The lowest BCUT2D eigenvalue weighted by molar-refractivity contribution is -0.126. The highest BCUT2D eigenvalue weighted by Gasteiger charge is 2.13. The van der Waals surface area contributed by atoms with Gasteiger partial charge in [-0.2, -0.15) is 4.98 Å². The minimum Gasteiger partial charge on any atom is -0.348 e. The molecule has 0 aliphatic heterocycles. The van der Waals surface area contributed by atoms with Gasteiger partial charge in [0.05, 0.1) is 6.54 Å². The minimum atomic E-state index is -0.428. The second-order valence-electron chi connectivity index (χ2n) is 5.66. The molecule has 128 valence electrons. The van der Waals surface area contributed by atoms with Crippen molar-refractivity contribution in [2.24, 2.45) is 0 Å². The lowest BCUT2D eigenvalue weighted by Crippen LogP contribution is -2.28. The second kappa shape index (κ2) is 7.92. The van der Waals surface area contributed by atoms with Crippen LogP contribution < -0.4 is 10.6 Å². The highest BCUT2D eigenvalue weighted by Crippen LogP contribution is 2.20. The van der Waals surface area contributed by atoms with Crippen molar-refractivity contribution in [1.29, 1.82) is 0 Å². The van der Waals surface area contributed by atoms with Crippen molar-refractivity contribution >= 4 is 29.1 Å². The lowest BCUT2D eigenvalue weighted by atomic mass is 10.2. The van der Waals surface area contributed by atoms with Crippen LogP contribution >= 0.6 is 11.6 Å². The van der Waals surface area contributed by atoms with Crippen molar-refractivity contribution in [1.82, 2.24) is 15.5 Å². The Morgan fingerprint density at radius 1 is 1.29 bits per heavy atom. The summed E-state index contributed by atoms with van der Waals surface area (Å²) in [5.41, 5.74) is 1.45. The van der Waals surface area contributed by atoms with Gasteiger partial charge in [-0.15, -0.1) is 0 Å². The molecule has 1 aromatic heterocycles. The van der Waals surface area contributed by atoms with Crippen LogP contribution in [0.4, 0.5) is 5.69 Å². The van der Waals surface area contributed by atoms with E-state index in [1.807, 2.05) is 20.8 Å². The summed E-state index contributed by atoms with van der Waals surface area (Å²) in [6.07, 6.45) is -0.305. The summed E-state index contributed by atoms with van der Waals surface area (Å²) in [5.74, 6) is 0.150. The zero-order valence-corrected chi connectivity index (χ0v) is 14.5. The number of nitrogens with zero attached hydrogens (tertiary/aromatic N) is 2. The summed E-state index contributed by atoms with van der Waals surface area (Å²) in [4.78, 5) is 27.9. The second-order valence-corrected chi connectivity index (χ2v) is 6.10. The zero-order chi connectivity index (χ0) is 17.7. The molecule has 8 heteroatoms. The highest BCUT2D eigenvalue weighted by molar-refractivity contribution is 6.31. The number of hydrogen-bond donors (Lipinski definition) is 2. The molecular weight excluding hydrogens is 332 g/mol. The fraction of sp³-hybridized carbons (Fsp3) is 0.375. The van der Waals surface area contributed by atoms with E-state index in [-0.39, 0.29) is 18.9 Å². The molecule has 2 rings (SSSR count). The summed E-state index contributed by atoms with van der Waals surface area (Å²) in [6, 6.07) is 5.16. The first-order valence-corrected chi connectivity index (χ1v) is 7.88. The molecule has 0 aliphatic carbocycles. The van der Waals surface area contributed by atoms with E-state index in [2.05, 4.69) is 20.8 Å². The number of amides is 2. The van der Waals surface area contributed by atoms with Crippen LogP contribution in [0.3, 0.4) is 0 Å². The monoisotopic (exact) mass is 350 g/mol. The van der Waals surface area contributed by atoms with E-state index in [4.69, 9.17) is 16.1 Å². The first kappa shape index (κ1) is 17.9. The molecule has 1 heterocycles. The largest absolute Gasteiger partial charge is 0.348 e. The van der Waals surface area contributed by atoms with Gasteiger partial charge in [0.2, 0.25) is 17.7 Å². The Balaban J connectivity index is 1.83. The maximum atomic E-state index is 11.9. The molecule has 0 radical (unpaired) electrons. The summed E-state index contributed by atoms with van der Waals surface area (Å²) >= 11 is 5.89. The third kappa shape index (κ3) is 5.06. The fourth-order valence-electron chi connectivity index (χ4n) is 1.88. The third-order valence-electron chi connectivity index (χ3n) is 3.22. The molecule has 2 N–H and O–H groups in total. The SMILES string of the molecule is Cc1ccc(Cl)cc1NC(=O)CC(=O)NCc1noc(C(C)C)n1. The number of aromatic nitrogens is 2. The van der Waals surface area contributed by atoms with Crippen LogP contribution in [0, 0.1) is 6.92 Å². The predicted octanol–water partition coefficient (Wildman–Crippen LogP) is 2.80. The number of benzene rings is 1. The van der Waals surface area contributed by atoms with Crippen molar-refractivity contribution in [3.63, 3.8) is 0 Å². The molecule has 2 amide bonds. The predicted molar refractivity (Wildman–Crippen MR) is 89.7 cm³/mol. The number of carbonyl (C=O) groups is 2. The van der Waals surface area contributed by atoms with Crippen molar-refractivity contribution in [3.05, 3.63) is 40.5 Å². The van der Waals surface area contributed by atoms with Gasteiger partial charge in [-0.3, -0.25) is 9.59 Å². The third-order valence-corrected chi connectivity index (χ3v) is 3.45. The molecule has 2 aromatic rings. The van der Waals surface area contributed by atoms with Crippen molar-refractivity contribution in [2.75, 3.05) is 5.32 Å². The molecular formula is C16H19ClN4O3. The maximum absolute atomic E-state index is 11.9. The molecule has 0 atom stereocenters. The van der Waals surface area contributed by atoms with E-state index < -0.39 is 11.8 Å². The summed E-state index contributed by atoms with van der Waals surface area (Å²) < 4.78 is 5.04. The van der Waals surface area contributed by atoms with Gasteiger partial charge in [-0.05, 0) is 24.6 Å². The molecule has 0 bridgehead atoms. The number of rotatable bonds is 6. The summed E-state index contributed by atoms with van der Waals surface area (Å²) in [6.45, 7) is 5.81. The van der Waals surface area contributed by atoms with Gasteiger partial charge >= 0.3 is 0 Å². The van der Waals surface area contributed by atoms with Gasteiger partial charge in [0.25, 0.3) is 0 Å². The van der Waals surface area contributed by atoms with Gasteiger partial charge < -0.3 is 15.2 Å². The fourth-order valence-corrected chi connectivity index (χ4v) is 2.06. The number of hydrogen-bond acceptors (Lipinski definition) is 5. The summed E-state index contributed by atoms with van der Waals surface area (Å²) in [7, 11) is 0. The van der Waals surface area contributed by atoms with Gasteiger partial charge in [0.1, 0.15) is 6.42 Å². The summed E-state index contributed by atoms with van der Waals surface area (Å²) in [5, 5.41) is 9.52. The average molecular weight is 351 g/mol. The molecule has 0 saturated heterocycles. The van der Waals surface area contributed by atoms with Crippen molar-refractivity contribution < 1.29 is 14.1 Å². The Labute approximate surface area is 144 Å². The van der Waals surface area contributed by atoms with Crippen molar-refractivity contribution in [2.45, 2.75) is 39.7 Å². The Morgan fingerprint density at radius 2 is 2.04 bits per heavy atom. The normalized spacial score (nSPS) is 10.7. The molecule has 0 saturated carbocycles. The first-order chi connectivity index (χ1) is 11.3. The van der Waals surface area contributed by atoms with Crippen LogP contribution in [-0.4, -0.2) is 22.0 Å². The maximum Gasteiger partial charge on any atom is 0.233 e. The molecule has 24 heavy (non-hydrogen) atoms. The van der Waals surface area contributed by atoms with Crippen LogP contribution in [0.1, 0.15) is 43.5 Å². The van der Waals surface area contributed by atoms with E-state index in [1.165, 1.54) is 0 Å². The number of halogens is 1. The number of carbonyl (C=O) groups excluding carboxylic acids is 2. The molecule has 0 unspecified atom stereocenters. The Morgan fingerprint density at radius 3 is 2.71 bits per heavy atom. The first-order valence-electron chi connectivity index (χ1n) is 7.50. The zero-order valence-electron chi connectivity index (χ0n) is 13.7. The average Bonchev–Trinajstić information content (AvgIpc) is 2.98. The lowest BCUT2D eigenvalue weighted by Gasteiger charge is -2.08. The van der Waals surface area contributed by atoms with Crippen LogP contribution in [0.15, 0.2) is 22.7 Å². The number of anilines is 1. The Kier molecular flexibility index (Phi) is 5.92. The Bertz CT molecular complexity index is 743. The standard InChI is InChI=1S/C16H19ClN4O3/c1-9(2)16-20-13(21-24-16)8-18-14(22)7-15(23)19-12-6-11(17)5-4-10(12)3/h4-6,9H,7-8H2,1-3H3,(H,18,22)(H,19,23). The van der Waals surface area contributed by atoms with E-state index in [9.17, 15) is 9.59 Å². The number of nitrogens with one attached hydrogen (secondary N) is 2.